The molecule has 1 aromatic carbocycles. The monoisotopic (exact) mass is 261 g/mol. The number of rotatable bonds is 5. The summed E-state index contributed by atoms with van der Waals surface area (Å²) in [6, 6.07) is 7.90. The van der Waals surface area contributed by atoms with E-state index in [2.05, 4.69) is 19.2 Å². The SMILES string of the molecule is CC(C)Cc1ccc(C(=O)NCC2CCCO2)cc1. The summed E-state index contributed by atoms with van der Waals surface area (Å²) in [6.45, 7) is 5.83. The molecule has 1 atom stereocenters. The zero-order chi connectivity index (χ0) is 13.7. The van der Waals surface area contributed by atoms with Gasteiger partial charge in [0.25, 0.3) is 5.91 Å². The van der Waals surface area contributed by atoms with Crippen molar-refractivity contribution in [1.82, 2.24) is 5.32 Å². The largest absolute Gasteiger partial charge is 0.376 e. The summed E-state index contributed by atoms with van der Waals surface area (Å²) in [5.74, 6) is 0.630. The Hall–Kier alpha value is -1.35. The number of amides is 1. The number of hydrogen-bond donors (Lipinski definition) is 1. The number of carbonyl (C=O) groups is 1. The first kappa shape index (κ1) is 14.1. The molecule has 2 rings (SSSR count). The Bertz CT molecular complexity index is 405. The molecular formula is C16H23NO2. The van der Waals surface area contributed by atoms with Gasteiger partial charge in [0.05, 0.1) is 6.10 Å². The van der Waals surface area contributed by atoms with Gasteiger partial charge in [-0.15, -0.1) is 0 Å². The average Bonchev–Trinajstić information content (AvgIpc) is 2.89. The summed E-state index contributed by atoms with van der Waals surface area (Å²) < 4.78 is 5.49. The molecule has 1 unspecified atom stereocenters. The van der Waals surface area contributed by atoms with E-state index in [9.17, 15) is 4.79 Å². The van der Waals surface area contributed by atoms with E-state index in [1.807, 2.05) is 24.3 Å². The Morgan fingerprint density at radius 2 is 2.11 bits per heavy atom. The highest BCUT2D eigenvalue weighted by Crippen LogP contribution is 2.12. The first-order chi connectivity index (χ1) is 9.15. The molecule has 19 heavy (non-hydrogen) atoms. The number of ether oxygens (including phenoxy) is 1. The van der Waals surface area contributed by atoms with E-state index in [1.54, 1.807) is 0 Å². The van der Waals surface area contributed by atoms with Crippen LogP contribution in [0.1, 0.15) is 42.6 Å². The van der Waals surface area contributed by atoms with E-state index in [-0.39, 0.29) is 12.0 Å². The lowest BCUT2D eigenvalue weighted by Crippen LogP contribution is -2.31. The second-order valence-electron chi connectivity index (χ2n) is 5.64. The van der Waals surface area contributed by atoms with Gasteiger partial charge in [0.15, 0.2) is 0 Å². The molecule has 1 heterocycles. The topological polar surface area (TPSA) is 38.3 Å². The van der Waals surface area contributed by atoms with Crippen molar-refractivity contribution in [3.8, 4) is 0 Å². The summed E-state index contributed by atoms with van der Waals surface area (Å²) in [7, 11) is 0. The zero-order valence-corrected chi connectivity index (χ0v) is 11.8. The molecule has 104 valence electrons. The molecule has 3 nitrogen and oxygen atoms in total. The van der Waals surface area contributed by atoms with Crippen molar-refractivity contribution in [2.24, 2.45) is 5.92 Å². The van der Waals surface area contributed by atoms with Crippen LogP contribution in [0.25, 0.3) is 0 Å². The maximum atomic E-state index is 12.0. The van der Waals surface area contributed by atoms with E-state index in [0.29, 0.717) is 12.5 Å². The summed E-state index contributed by atoms with van der Waals surface area (Å²) in [4.78, 5) is 12.0. The molecule has 1 aliphatic rings. The maximum Gasteiger partial charge on any atom is 0.251 e. The fourth-order valence-electron chi connectivity index (χ4n) is 2.38. The van der Waals surface area contributed by atoms with E-state index >= 15 is 0 Å². The average molecular weight is 261 g/mol. The van der Waals surface area contributed by atoms with E-state index in [1.165, 1.54) is 5.56 Å². The molecule has 0 aromatic heterocycles. The number of benzene rings is 1. The van der Waals surface area contributed by atoms with Crippen LogP contribution in [-0.2, 0) is 11.2 Å². The van der Waals surface area contributed by atoms with Crippen LogP contribution >= 0.6 is 0 Å². The van der Waals surface area contributed by atoms with Crippen molar-refractivity contribution in [2.75, 3.05) is 13.2 Å². The number of hydrogen-bond acceptors (Lipinski definition) is 2. The Labute approximate surface area is 115 Å². The molecule has 1 aliphatic heterocycles. The second-order valence-corrected chi connectivity index (χ2v) is 5.64. The molecular weight excluding hydrogens is 238 g/mol. The molecule has 0 radical (unpaired) electrons. The van der Waals surface area contributed by atoms with Crippen LogP contribution in [0.4, 0.5) is 0 Å². The molecule has 1 amide bonds. The lowest BCUT2D eigenvalue weighted by atomic mass is 10.0. The third-order valence-corrected chi connectivity index (χ3v) is 3.37. The van der Waals surface area contributed by atoms with Crippen LogP contribution in [0.15, 0.2) is 24.3 Å². The van der Waals surface area contributed by atoms with Crippen molar-refractivity contribution in [3.05, 3.63) is 35.4 Å². The lowest BCUT2D eigenvalue weighted by Gasteiger charge is -2.11. The van der Waals surface area contributed by atoms with E-state index < -0.39 is 0 Å². The molecule has 1 aromatic rings. The third-order valence-electron chi connectivity index (χ3n) is 3.37. The Kier molecular flexibility index (Phi) is 4.97. The van der Waals surface area contributed by atoms with Gasteiger partial charge in [-0.1, -0.05) is 26.0 Å². The predicted octanol–water partition coefficient (Wildman–Crippen LogP) is 2.79. The molecule has 0 bridgehead atoms. The molecule has 0 aliphatic carbocycles. The Morgan fingerprint density at radius 3 is 2.68 bits per heavy atom. The van der Waals surface area contributed by atoms with Crippen LogP contribution in [0.2, 0.25) is 0 Å². The molecule has 0 spiro atoms. The van der Waals surface area contributed by atoms with Crippen molar-refractivity contribution < 1.29 is 9.53 Å². The van der Waals surface area contributed by atoms with Gasteiger partial charge in [0.2, 0.25) is 0 Å². The fraction of sp³-hybridized carbons (Fsp3) is 0.562. The van der Waals surface area contributed by atoms with Gasteiger partial charge in [-0.3, -0.25) is 4.79 Å². The maximum absolute atomic E-state index is 12.0. The van der Waals surface area contributed by atoms with Gasteiger partial charge in [-0.05, 0) is 42.9 Å². The van der Waals surface area contributed by atoms with Crippen LogP contribution in [0, 0.1) is 5.92 Å². The standard InChI is InChI=1S/C16H23NO2/c1-12(2)10-13-5-7-14(8-6-13)16(18)17-11-15-4-3-9-19-15/h5-8,12,15H,3-4,9-11H2,1-2H3,(H,17,18). The summed E-state index contributed by atoms with van der Waals surface area (Å²) >= 11 is 0. The van der Waals surface area contributed by atoms with E-state index in [0.717, 1.165) is 31.4 Å². The van der Waals surface area contributed by atoms with Crippen LogP contribution in [0.3, 0.4) is 0 Å². The van der Waals surface area contributed by atoms with E-state index in [4.69, 9.17) is 4.74 Å². The van der Waals surface area contributed by atoms with Crippen molar-refractivity contribution >= 4 is 5.91 Å². The zero-order valence-electron chi connectivity index (χ0n) is 11.8. The second kappa shape index (κ2) is 6.71. The fourth-order valence-corrected chi connectivity index (χ4v) is 2.38. The number of carbonyl (C=O) groups excluding carboxylic acids is 1. The van der Waals surface area contributed by atoms with Crippen molar-refractivity contribution in [1.29, 1.82) is 0 Å². The highest BCUT2D eigenvalue weighted by Gasteiger charge is 2.16. The molecule has 3 heteroatoms. The van der Waals surface area contributed by atoms with Gasteiger partial charge in [0, 0.05) is 18.7 Å². The third kappa shape index (κ3) is 4.35. The van der Waals surface area contributed by atoms with Gasteiger partial charge < -0.3 is 10.1 Å². The minimum absolute atomic E-state index is 0.00778. The van der Waals surface area contributed by atoms with Crippen LogP contribution < -0.4 is 5.32 Å². The predicted molar refractivity (Wildman–Crippen MR) is 76.3 cm³/mol. The highest BCUT2D eigenvalue weighted by molar-refractivity contribution is 5.94. The molecule has 0 saturated carbocycles. The highest BCUT2D eigenvalue weighted by atomic mass is 16.5. The van der Waals surface area contributed by atoms with Gasteiger partial charge >= 0.3 is 0 Å². The normalized spacial score (nSPS) is 18.8. The number of nitrogens with one attached hydrogen (secondary N) is 1. The van der Waals surface area contributed by atoms with Gasteiger partial charge in [-0.25, -0.2) is 0 Å². The van der Waals surface area contributed by atoms with Crippen LogP contribution in [0.5, 0.6) is 0 Å². The lowest BCUT2D eigenvalue weighted by molar-refractivity contribution is 0.0858. The van der Waals surface area contributed by atoms with Crippen LogP contribution in [-0.4, -0.2) is 25.2 Å². The molecule has 1 N–H and O–H groups in total. The quantitative estimate of drug-likeness (QED) is 0.885. The first-order valence-corrected chi connectivity index (χ1v) is 7.14. The summed E-state index contributed by atoms with van der Waals surface area (Å²) in [5.41, 5.74) is 2.01. The summed E-state index contributed by atoms with van der Waals surface area (Å²) in [5, 5.41) is 2.94. The molecule has 1 saturated heterocycles. The van der Waals surface area contributed by atoms with Gasteiger partial charge in [-0.2, -0.15) is 0 Å². The molecule has 1 fully saturated rings. The Morgan fingerprint density at radius 1 is 1.37 bits per heavy atom. The minimum Gasteiger partial charge on any atom is -0.376 e. The smallest absolute Gasteiger partial charge is 0.251 e. The van der Waals surface area contributed by atoms with Crippen molar-refractivity contribution in [2.45, 2.75) is 39.2 Å². The summed E-state index contributed by atoms with van der Waals surface area (Å²) in [6.07, 6.45) is 3.40. The first-order valence-electron chi connectivity index (χ1n) is 7.14. The van der Waals surface area contributed by atoms with Gasteiger partial charge in [0.1, 0.15) is 0 Å². The van der Waals surface area contributed by atoms with Crippen molar-refractivity contribution in [3.63, 3.8) is 0 Å². The Balaban J connectivity index is 1.84. The minimum atomic E-state index is -0.00778.